The molecule has 0 unspecified atom stereocenters. The molecule has 8 nitrogen and oxygen atoms in total. The Morgan fingerprint density at radius 2 is 2.15 bits per heavy atom. The van der Waals surface area contributed by atoms with Gasteiger partial charge in [0.05, 0.1) is 12.2 Å². The summed E-state index contributed by atoms with van der Waals surface area (Å²) >= 11 is 1.39. The molecular weight excluding hydrogens is 350 g/mol. The number of nitrogens with one attached hydrogen (secondary N) is 2. The van der Waals surface area contributed by atoms with Gasteiger partial charge in [0.25, 0.3) is 5.91 Å². The first-order valence-corrected chi connectivity index (χ1v) is 8.43. The number of nitrogens with zero attached hydrogens (tertiary/aromatic N) is 3. The van der Waals surface area contributed by atoms with Crippen LogP contribution in [0.4, 0.5) is 11.5 Å². The van der Waals surface area contributed by atoms with Gasteiger partial charge in [0, 0.05) is 30.5 Å². The summed E-state index contributed by atoms with van der Waals surface area (Å²) in [7, 11) is 0. The van der Waals surface area contributed by atoms with Crippen molar-refractivity contribution in [2.75, 3.05) is 10.5 Å². The lowest BCUT2D eigenvalue weighted by Crippen LogP contribution is -2.26. The second-order valence-corrected chi connectivity index (χ2v) is 5.70. The maximum absolute atomic E-state index is 12.1. The summed E-state index contributed by atoms with van der Waals surface area (Å²) in [5.41, 5.74) is 13.5. The van der Waals surface area contributed by atoms with Crippen molar-refractivity contribution < 1.29 is 4.79 Å². The van der Waals surface area contributed by atoms with Gasteiger partial charge in [-0.1, -0.05) is 18.7 Å². The number of benzene rings is 1. The van der Waals surface area contributed by atoms with Crippen LogP contribution in [-0.2, 0) is 6.54 Å². The van der Waals surface area contributed by atoms with Gasteiger partial charge in [-0.3, -0.25) is 9.79 Å². The monoisotopic (exact) mass is 369 g/mol. The fraction of sp³-hybridized carbons (Fsp3) is 0.0588. The normalized spacial score (nSPS) is 11.3. The quantitative estimate of drug-likeness (QED) is 0.414. The van der Waals surface area contributed by atoms with Gasteiger partial charge in [0.15, 0.2) is 11.5 Å². The molecule has 0 radical (unpaired) electrons. The molecule has 134 valence electrons. The smallest absolute Gasteiger partial charge is 0.278 e. The number of allylic oxidation sites excluding steroid dienone is 1. The van der Waals surface area contributed by atoms with Crippen LogP contribution in [0.25, 0.3) is 0 Å². The zero-order chi connectivity index (χ0) is 18.8. The van der Waals surface area contributed by atoms with E-state index in [1.807, 2.05) is 24.3 Å². The van der Waals surface area contributed by atoms with Crippen molar-refractivity contribution in [2.24, 2.45) is 10.7 Å². The standard InChI is InChI=1S/C17H19N7OS/c1-2-26-24-13-5-3-4-12(8-13)10-20-11-14(9-18)23-17(25)15-16(19)22-7-6-21-15/h2-9,11,24H,1,10,18H2,(H2,19,22)(H,23,25)/b14-9+,20-11?. The molecule has 0 aliphatic rings. The van der Waals surface area contributed by atoms with Crippen molar-refractivity contribution in [1.29, 1.82) is 0 Å². The molecule has 0 spiro atoms. The number of aromatic nitrogens is 2. The molecule has 1 heterocycles. The number of rotatable bonds is 8. The second kappa shape index (κ2) is 9.84. The van der Waals surface area contributed by atoms with Crippen LogP contribution in [0.15, 0.2) is 65.5 Å². The molecule has 0 saturated heterocycles. The SMILES string of the molecule is C=CSNc1cccc(CN=C/C(=C\N)NC(=O)c2nccnc2N)c1. The first kappa shape index (κ1) is 19.0. The predicted molar refractivity (Wildman–Crippen MR) is 106 cm³/mol. The molecule has 0 saturated carbocycles. The number of amides is 1. The fourth-order valence-electron chi connectivity index (χ4n) is 1.92. The van der Waals surface area contributed by atoms with Gasteiger partial charge < -0.3 is 21.5 Å². The Morgan fingerprint density at radius 1 is 1.35 bits per heavy atom. The Kier molecular flexibility index (Phi) is 7.19. The average molecular weight is 369 g/mol. The van der Waals surface area contributed by atoms with E-state index in [4.69, 9.17) is 11.5 Å². The maximum atomic E-state index is 12.1. The number of aliphatic imine (C=N–C) groups is 1. The third-order valence-electron chi connectivity index (χ3n) is 3.07. The van der Waals surface area contributed by atoms with Crippen molar-refractivity contribution in [3.8, 4) is 0 Å². The minimum atomic E-state index is -0.508. The van der Waals surface area contributed by atoms with Gasteiger partial charge in [0.1, 0.15) is 0 Å². The van der Waals surface area contributed by atoms with Crippen LogP contribution in [-0.4, -0.2) is 22.1 Å². The van der Waals surface area contributed by atoms with Crippen LogP contribution in [0.2, 0.25) is 0 Å². The van der Waals surface area contributed by atoms with Crippen molar-refractivity contribution in [3.05, 3.63) is 71.8 Å². The summed E-state index contributed by atoms with van der Waals surface area (Å²) in [6, 6.07) is 7.79. The highest BCUT2D eigenvalue weighted by Gasteiger charge is 2.12. The summed E-state index contributed by atoms with van der Waals surface area (Å²) in [5.74, 6) is -0.466. The predicted octanol–water partition coefficient (Wildman–Crippen LogP) is 2.06. The highest BCUT2D eigenvalue weighted by Crippen LogP contribution is 2.15. The summed E-state index contributed by atoms with van der Waals surface area (Å²) in [6.45, 7) is 4.06. The van der Waals surface area contributed by atoms with E-state index in [9.17, 15) is 4.79 Å². The number of nitrogen functional groups attached to an aromatic ring is 1. The number of anilines is 2. The van der Waals surface area contributed by atoms with E-state index in [1.165, 1.54) is 36.8 Å². The van der Waals surface area contributed by atoms with E-state index in [-0.39, 0.29) is 11.5 Å². The molecule has 0 fully saturated rings. The van der Waals surface area contributed by atoms with Crippen molar-refractivity contribution >= 4 is 35.6 Å². The van der Waals surface area contributed by atoms with Gasteiger partial charge in [-0.2, -0.15) is 0 Å². The number of hydrogen-bond donors (Lipinski definition) is 4. The highest BCUT2D eigenvalue weighted by molar-refractivity contribution is 8.03. The van der Waals surface area contributed by atoms with Crippen LogP contribution in [0.3, 0.4) is 0 Å². The van der Waals surface area contributed by atoms with Gasteiger partial charge >= 0.3 is 0 Å². The summed E-state index contributed by atoms with van der Waals surface area (Å²) in [4.78, 5) is 24.2. The zero-order valence-electron chi connectivity index (χ0n) is 13.9. The van der Waals surface area contributed by atoms with Gasteiger partial charge in [-0.15, -0.1) is 0 Å². The lowest BCUT2D eigenvalue weighted by Gasteiger charge is -2.06. The number of hydrogen-bond acceptors (Lipinski definition) is 8. The summed E-state index contributed by atoms with van der Waals surface area (Å²) in [6.07, 6.45) is 5.51. The molecular formula is C17H19N7OS. The van der Waals surface area contributed by atoms with E-state index < -0.39 is 5.91 Å². The number of carbonyl (C=O) groups excluding carboxylic acids is 1. The Balaban J connectivity index is 1.96. The van der Waals surface area contributed by atoms with Gasteiger partial charge in [-0.25, -0.2) is 9.97 Å². The minimum Gasteiger partial charge on any atom is -0.403 e. The third kappa shape index (κ3) is 5.64. The highest BCUT2D eigenvalue weighted by atomic mass is 32.2. The molecule has 6 N–H and O–H groups in total. The van der Waals surface area contributed by atoms with Crippen LogP contribution in [0.5, 0.6) is 0 Å². The summed E-state index contributed by atoms with van der Waals surface area (Å²) < 4.78 is 3.13. The first-order chi connectivity index (χ1) is 12.6. The molecule has 9 heteroatoms. The van der Waals surface area contributed by atoms with Crippen LogP contribution in [0.1, 0.15) is 16.1 Å². The average Bonchev–Trinajstić information content (AvgIpc) is 2.66. The van der Waals surface area contributed by atoms with E-state index in [0.717, 1.165) is 11.3 Å². The van der Waals surface area contributed by atoms with Crippen LogP contribution in [0, 0.1) is 0 Å². The minimum absolute atomic E-state index is 0.0266. The molecule has 26 heavy (non-hydrogen) atoms. The second-order valence-electron chi connectivity index (χ2n) is 4.92. The van der Waals surface area contributed by atoms with Crippen molar-refractivity contribution in [3.63, 3.8) is 0 Å². The van der Waals surface area contributed by atoms with Gasteiger partial charge in [0.2, 0.25) is 0 Å². The molecule has 1 aromatic carbocycles. The first-order valence-electron chi connectivity index (χ1n) is 7.55. The zero-order valence-corrected chi connectivity index (χ0v) is 14.7. The largest absolute Gasteiger partial charge is 0.403 e. The summed E-state index contributed by atoms with van der Waals surface area (Å²) in [5, 5.41) is 4.29. The molecule has 0 atom stereocenters. The van der Waals surface area contributed by atoms with Gasteiger partial charge in [-0.05, 0) is 35.1 Å². The van der Waals surface area contributed by atoms with E-state index in [1.54, 1.807) is 5.41 Å². The Morgan fingerprint density at radius 3 is 2.88 bits per heavy atom. The van der Waals surface area contributed by atoms with E-state index >= 15 is 0 Å². The lowest BCUT2D eigenvalue weighted by molar-refractivity contribution is 0.0963. The third-order valence-corrected chi connectivity index (χ3v) is 3.59. The maximum Gasteiger partial charge on any atom is 0.278 e. The number of nitrogens with two attached hydrogens (primary N) is 2. The molecule has 2 rings (SSSR count). The van der Waals surface area contributed by atoms with Crippen LogP contribution >= 0.6 is 11.9 Å². The van der Waals surface area contributed by atoms with Crippen LogP contribution < -0.4 is 21.5 Å². The fourth-order valence-corrected chi connectivity index (χ4v) is 2.27. The van der Waals surface area contributed by atoms with E-state index in [0.29, 0.717) is 12.2 Å². The molecule has 0 aliphatic carbocycles. The van der Waals surface area contributed by atoms with Crippen molar-refractivity contribution in [1.82, 2.24) is 15.3 Å². The Hall–Kier alpha value is -3.33. The molecule has 1 aromatic heterocycles. The Bertz CT molecular complexity index is 835. The van der Waals surface area contributed by atoms with Crippen molar-refractivity contribution in [2.45, 2.75) is 6.54 Å². The Labute approximate surface area is 155 Å². The molecule has 0 aliphatic heterocycles. The molecule has 0 bridgehead atoms. The molecule has 1 amide bonds. The lowest BCUT2D eigenvalue weighted by atomic mass is 10.2. The van der Waals surface area contributed by atoms with E-state index in [2.05, 4.69) is 31.6 Å². The molecule has 2 aromatic rings. The number of carbonyl (C=O) groups is 1. The topological polar surface area (TPSA) is 131 Å².